The zero-order chi connectivity index (χ0) is 54.6. The lowest BCUT2D eigenvalue weighted by molar-refractivity contribution is -0.247. The third kappa shape index (κ3) is 10.4. The number of benzene rings is 3. The van der Waals surface area contributed by atoms with Gasteiger partial charge in [-0.2, -0.15) is 0 Å². The lowest BCUT2D eigenvalue weighted by Crippen LogP contribution is -2.70. The molecule has 0 amide bonds. The molecule has 0 radical (unpaired) electrons. The number of aliphatic hydroxyl groups is 5. The van der Waals surface area contributed by atoms with Crippen LogP contribution in [0.25, 0.3) is 0 Å². The lowest BCUT2D eigenvalue weighted by atomic mass is 9.41. The topological polar surface area (TPSA) is 224 Å². The molecule has 3 aromatic rings. The fourth-order valence-corrected chi connectivity index (χ4v) is 15.7. The Balaban J connectivity index is 1.14. The van der Waals surface area contributed by atoms with Gasteiger partial charge in [-0.1, -0.05) is 86.4 Å². The molecule has 3 aliphatic heterocycles. The zero-order valence-electron chi connectivity index (χ0n) is 45.3. The van der Waals surface area contributed by atoms with Crippen molar-refractivity contribution in [1.82, 2.24) is 5.32 Å². The van der Waals surface area contributed by atoms with Crippen LogP contribution in [0.1, 0.15) is 147 Å². The van der Waals surface area contributed by atoms with Crippen molar-refractivity contribution >= 4 is 23.4 Å². The fourth-order valence-electron chi connectivity index (χ4n) is 15.7. The van der Waals surface area contributed by atoms with Crippen LogP contribution in [0.3, 0.4) is 0 Å². The molecule has 3 heterocycles. The summed E-state index contributed by atoms with van der Waals surface area (Å²) in [5.41, 5.74) is 1.79. The predicted octanol–water partition coefficient (Wildman–Crippen LogP) is 7.16. The van der Waals surface area contributed by atoms with Gasteiger partial charge in [0.25, 0.3) is 0 Å². The minimum Gasteiger partial charge on any atom is -0.507 e. The van der Waals surface area contributed by atoms with E-state index in [1.54, 1.807) is 13.1 Å². The zero-order valence-corrected chi connectivity index (χ0v) is 45.3. The predicted molar refractivity (Wildman–Crippen MR) is 293 cm³/mol. The molecule has 4 fully saturated rings. The van der Waals surface area contributed by atoms with Gasteiger partial charge in [0.05, 0.1) is 31.2 Å². The van der Waals surface area contributed by atoms with Crippen molar-refractivity contribution in [1.29, 1.82) is 0 Å². The molecule has 8 aliphatic rings. The van der Waals surface area contributed by atoms with E-state index in [0.29, 0.717) is 52.1 Å². The Morgan fingerprint density at radius 3 is 2.42 bits per heavy atom. The number of fused-ring (bicyclic) bond motifs is 10. The Hall–Kier alpha value is -5.37. The van der Waals surface area contributed by atoms with Gasteiger partial charge >= 0.3 is 11.9 Å². The van der Waals surface area contributed by atoms with Gasteiger partial charge in [-0.15, -0.1) is 0 Å². The molecule has 0 aromatic heterocycles. The molecule has 416 valence electrons. The number of aliphatic hydroxyl groups excluding tert-OH is 3. The number of ether oxygens (including phenoxy) is 3. The quantitative estimate of drug-likeness (QED) is 0.0413. The number of Topliss-reactive ketones (excluding diaryl/α,β-unsaturated/α-hetero) is 1. The van der Waals surface area contributed by atoms with Gasteiger partial charge in [-0.25, -0.2) is 4.79 Å². The van der Waals surface area contributed by atoms with Crippen molar-refractivity contribution in [2.45, 2.75) is 157 Å². The highest BCUT2D eigenvalue weighted by Crippen LogP contribution is 2.65. The molecule has 0 saturated heterocycles. The summed E-state index contributed by atoms with van der Waals surface area (Å²) in [6.45, 7) is 1.47. The normalized spacial score (nSPS) is 33.8. The molecule has 3 aromatic carbocycles. The number of carbonyl (C=O) groups is 3. The van der Waals surface area contributed by atoms with Crippen LogP contribution < -0.4 is 15.4 Å². The molecule has 11 rings (SSSR count). The van der Waals surface area contributed by atoms with Crippen molar-refractivity contribution in [3.63, 3.8) is 0 Å². The summed E-state index contributed by atoms with van der Waals surface area (Å²) < 4.78 is 18.5. The fraction of sp³-hybridized carbons (Fsp3) is 0.578. The number of phenols is 1. The van der Waals surface area contributed by atoms with Crippen molar-refractivity contribution in [2.75, 3.05) is 39.2 Å². The summed E-state index contributed by atoms with van der Waals surface area (Å²) in [7, 11) is 3.17. The van der Waals surface area contributed by atoms with Crippen LogP contribution in [-0.2, 0) is 43.1 Å². The van der Waals surface area contributed by atoms with Crippen LogP contribution in [0, 0.1) is 53.3 Å². The van der Waals surface area contributed by atoms with Gasteiger partial charge in [0.1, 0.15) is 40.7 Å². The number of hydrogen-bond acceptors (Lipinski definition) is 14. The van der Waals surface area contributed by atoms with Crippen LogP contribution in [0.5, 0.6) is 11.5 Å². The first-order chi connectivity index (χ1) is 37.5. The van der Waals surface area contributed by atoms with E-state index in [9.17, 15) is 40.2 Å². The first-order valence-corrected chi connectivity index (χ1v) is 28.9. The van der Waals surface area contributed by atoms with E-state index in [1.807, 2.05) is 42.5 Å². The Morgan fingerprint density at radius 1 is 0.885 bits per heavy atom. The number of nitrogens with one attached hydrogen (secondary N) is 2. The third-order valence-corrected chi connectivity index (χ3v) is 19.5. The molecule has 4 saturated carbocycles. The Kier molecular flexibility index (Phi) is 15.6. The van der Waals surface area contributed by atoms with E-state index in [2.05, 4.69) is 34.6 Å². The van der Waals surface area contributed by atoms with Crippen molar-refractivity contribution in [3.8, 4) is 23.3 Å². The van der Waals surface area contributed by atoms with Gasteiger partial charge in [-0.3, -0.25) is 9.59 Å². The molecule has 8 N–H and O–H groups in total. The molecular weight excluding hydrogens is 989 g/mol. The van der Waals surface area contributed by atoms with Crippen molar-refractivity contribution < 1.29 is 59.2 Å². The Morgan fingerprint density at radius 2 is 1.64 bits per heavy atom. The SMILES string of the molecule is CNC[C@H](O)c1cc(NC[C@@](C)(O)[C@H](O)COC)cc([C@H]2C#C[C@@H]3CC(=O)Oc4c3cc(c(O)c4C3CCCCC3)C[C@H]3OC(=O)/C(=C\[C@@H](O)Cc4cccc(c4)C[C@@H]4C(=O)C[C@H]5C=C[C@@H]6[C@@H]7CCCC[C@@H]7[C@]3(O)[C@H]5[C@@H]64)C2)c1. The van der Waals surface area contributed by atoms with Crippen LogP contribution in [0.4, 0.5) is 5.69 Å². The van der Waals surface area contributed by atoms with E-state index < -0.39 is 71.2 Å². The molecule has 14 nitrogen and oxygen atoms in total. The highest BCUT2D eigenvalue weighted by Gasteiger charge is 2.68. The Bertz CT molecular complexity index is 2910. The average molecular weight is 1070 g/mol. The number of esters is 2. The van der Waals surface area contributed by atoms with Crippen LogP contribution in [0.15, 0.2) is 72.3 Å². The molecule has 0 spiro atoms. The summed E-state index contributed by atoms with van der Waals surface area (Å²) in [5, 5.41) is 79.8. The van der Waals surface area contributed by atoms with Gasteiger partial charge < -0.3 is 55.5 Å². The molecule has 14 heteroatoms. The Labute approximate surface area is 458 Å². The van der Waals surface area contributed by atoms with E-state index in [0.717, 1.165) is 62.5 Å². The molecule has 5 aliphatic carbocycles. The smallest absolute Gasteiger partial charge is 0.334 e. The van der Waals surface area contributed by atoms with Gasteiger partial charge in [0, 0.05) is 79.6 Å². The second-order valence-electron chi connectivity index (χ2n) is 24.5. The summed E-state index contributed by atoms with van der Waals surface area (Å²) in [5.74, 6) is 2.77. The van der Waals surface area contributed by atoms with E-state index >= 15 is 4.79 Å². The first kappa shape index (κ1) is 54.6. The third-order valence-electron chi connectivity index (χ3n) is 19.5. The first-order valence-electron chi connectivity index (χ1n) is 28.9. The minimum absolute atomic E-state index is 0.00507. The highest BCUT2D eigenvalue weighted by molar-refractivity contribution is 5.89. The van der Waals surface area contributed by atoms with Crippen molar-refractivity contribution in [3.05, 3.63) is 111 Å². The minimum atomic E-state index is -1.67. The van der Waals surface area contributed by atoms with Gasteiger partial charge in [-0.05, 0) is 140 Å². The van der Waals surface area contributed by atoms with Crippen LogP contribution >= 0.6 is 0 Å². The number of anilines is 1. The average Bonchev–Trinajstić information content (AvgIpc) is 3.42. The highest BCUT2D eigenvalue weighted by atomic mass is 16.6. The van der Waals surface area contributed by atoms with Gasteiger partial charge in [0.15, 0.2) is 0 Å². The number of rotatable bonds is 11. The molecule has 12 bridgehead atoms. The number of ketones is 1. The second kappa shape index (κ2) is 22.3. The number of phenolic OH excluding ortho intramolecular Hbond substituents is 1. The molecular formula is C64H78N2O12. The maximum atomic E-state index is 15.9. The maximum Gasteiger partial charge on any atom is 0.334 e. The number of carbonyl (C=O) groups excluding carboxylic acids is 3. The number of allylic oxidation sites excluding steroid dienone is 2. The number of hydrogen-bond donors (Lipinski definition) is 8. The van der Waals surface area contributed by atoms with Gasteiger partial charge in [0.2, 0.25) is 0 Å². The second-order valence-corrected chi connectivity index (χ2v) is 24.5. The number of methoxy groups -OCH3 is 1. The van der Waals surface area contributed by atoms with Crippen molar-refractivity contribution in [2.24, 2.45) is 41.4 Å². The molecule has 15 atom stereocenters. The summed E-state index contributed by atoms with van der Waals surface area (Å²) in [6.07, 6.45) is 9.77. The largest absolute Gasteiger partial charge is 0.507 e. The summed E-state index contributed by atoms with van der Waals surface area (Å²) in [4.78, 5) is 44.5. The van der Waals surface area contributed by atoms with E-state index in [-0.39, 0.29) is 104 Å². The number of aromatic hydroxyl groups is 1. The monoisotopic (exact) mass is 1070 g/mol. The molecule has 78 heavy (non-hydrogen) atoms. The van der Waals surface area contributed by atoms with E-state index in [4.69, 9.17) is 14.2 Å². The van der Waals surface area contributed by atoms with E-state index in [1.165, 1.54) is 20.1 Å². The summed E-state index contributed by atoms with van der Waals surface area (Å²) in [6, 6.07) is 15.2. The maximum absolute atomic E-state index is 15.9. The lowest BCUT2D eigenvalue weighted by Gasteiger charge is -2.65. The number of likely N-dealkylation sites (N-methyl/N-ethyl adjacent to an activating group) is 1. The van der Waals surface area contributed by atoms with Crippen LogP contribution in [0.2, 0.25) is 0 Å². The summed E-state index contributed by atoms with van der Waals surface area (Å²) >= 11 is 0. The van der Waals surface area contributed by atoms with Crippen LogP contribution in [-0.4, -0.2) is 112 Å². The standard InChI is InChI=1S/C64H78N2O12/c1-63(74,54(70)33-76-3)34-66-45-25-41(24-42(26-45)53(69)32-65-2)38-16-17-39-31-56(71)78-61-49(39)28-43(60(72)57(61)37-12-5-4-6-13-37)30-55-64(75)51-15-8-7-14-47(51)48-19-18-40-29-52(68)50(58(48)59(40)64)22-36-11-9-10-35(20-36)21-46(67)27-44(23-38)62(73)77-55/h9-11,18-20,24-28,37-40,46-48,50-51,53-55,58-59,65-67,69-70,72,74-75H,4-8,12-15,21-23,29-34H2,1-3H3/b44-27-/t38-,39+,40+,46-,47-,48+,50+,51-,53-,54+,55+,58-,59+,63+,64+/m0/s1. The molecule has 0 unspecified atom stereocenters.